The molecule has 0 bridgehead atoms. The van der Waals surface area contributed by atoms with Gasteiger partial charge < -0.3 is 10.2 Å². The van der Waals surface area contributed by atoms with Gasteiger partial charge in [0, 0.05) is 31.9 Å². The van der Waals surface area contributed by atoms with Crippen LogP contribution in [-0.2, 0) is 22.9 Å². The molecule has 2 aromatic rings. The average molecular weight is 414 g/mol. The fourth-order valence-electron chi connectivity index (χ4n) is 4.08. The summed E-state index contributed by atoms with van der Waals surface area (Å²) in [6.45, 7) is 3.34. The quantitative estimate of drug-likeness (QED) is 0.838. The van der Waals surface area contributed by atoms with E-state index < -0.39 is 10.0 Å². The first-order valence-corrected chi connectivity index (χ1v) is 11.6. The van der Waals surface area contributed by atoms with Gasteiger partial charge in [-0.05, 0) is 73.6 Å². The molecule has 1 fully saturated rings. The number of sulfonamides is 1. The van der Waals surface area contributed by atoms with Gasteiger partial charge in [-0.15, -0.1) is 0 Å². The van der Waals surface area contributed by atoms with Crippen molar-refractivity contribution in [1.82, 2.24) is 9.21 Å². The van der Waals surface area contributed by atoms with E-state index in [0.717, 1.165) is 36.1 Å². The Morgan fingerprint density at radius 2 is 1.66 bits per heavy atom. The maximum absolute atomic E-state index is 13.1. The molecule has 2 aromatic carbocycles. The second-order valence-corrected chi connectivity index (χ2v) is 9.77. The predicted octanol–water partition coefficient (Wildman–Crippen LogP) is 3.41. The van der Waals surface area contributed by atoms with Crippen LogP contribution in [0.3, 0.4) is 0 Å². The number of anilines is 1. The minimum Gasteiger partial charge on any atom is -0.322 e. The summed E-state index contributed by atoms with van der Waals surface area (Å²) in [7, 11) is -3.53. The smallest absolute Gasteiger partial charge is 0.321 e. The highest BCUT2D eigenvalue weighted by atomic mass is 32.2. The molecule has 1 aliphatic heterocycles. The minimum atomic E-state index is -3.53. The zero-order valence-corrected chi connectivity index (χ0v) is 17.5. The molecule has 6 nitrogen and oxygen atoms in total. The molecular formula is C22H27N3O3S. The van der Waals surface area contributed by atoms with Crippen molar-refractivity contribution in [3.63, 3.8) is 0 Å². The fraction of sp³-hybridized carbons (Fsp3) is 0.409. The van der Waals surface area contributed by atoms with E-state index in [1.54, 1.807) is 11.0 Å². The molecule has 0 aromatic heterocycles. The van der Waals surface area contributed by atoms with Gasteiger partial charge in [0.2, 0.25) is 10.0 Å². The van der Waals surface area contributed by atoms with Gasteiger partial charge in [0.15, 0.2) is 0 Å². The number of nitrogens with one attached hydrogen (secondary N) is 1. The summed E-state index contributed by atoms with van der Waals surface area (Å²) in [6, 6.07) is 13.0. The maximum atomic E-state index is 13.1. The molecule has 1 aliphatic carbocycles. The first-order chi connectivity index (χ1) is 13.9. The summed E-state index contributed by atoms with van der Waals surface area (Å²) in [4.78, 5) is 14.6. The lowest BCUT2D eigenvalue weighted by molar-refractivity contribution is 0.184. The lowest BCUT2D eigenvalue weighted by Gasteiger charge is -2.34. The highest BCUT2D eigenvalue weighted by Gasteiger charge is 2.30. The summed E-state index contributed by atoms with van der Waals surface area (Å²) >= 11 is 0. The number of fused-ring (bicyclic) bond motifs is 1. The van der Waals surface area contributed by atoms with E-state index >= 15 is 0 Å². The van der Waals surface area contributed by atoms with Crippen molar-refractivity contribution in [3.8, 4) is 0 Å². The van der Waals surface area contributed by atoms with Crippen LogP contribution in [-0.4, -0.2) is 49.8 Å². The lowest BCUT2D eigenvalue weighted by atomic mass is 9.92. The van der Waals surface area contributed by atoms with Crippen molar-refractivity contribution >= 4 is 21.7 Å². The molecular weight excluding hydrogens is 386 g/mol. The Bertz CT molecular complexity index is 1010. The predicted molar refractivity (Wildman–Crippen MR) is 114 cm³/mol. The maximum Gasteiger partial charge on any atom is 0.321 e. The molecule has 1 heterocycles. The van der Waals surface area contributed by atoms with Gasteiger partial charge in [-0.3, -0.25) is 0 Å². The number of rotatable bonds is 3. The number of carbonyl (C=O) groups is 1. The van der Waals surface area contributed by atoms with Gasteiger partial charge in [-0.25, -0.2) is 13.2 Å². The van der Waals surface area contributed by atoms with Crippen molar-refractivity contribution < 1.29 is 13.2 Å². The van der Waals surface area contributed by atoms with E-state index in [9.17, 15) is 13.2 Å². The van der Waals surface area contributed by atoms with Crippen molar-refractivity contribution in [2.24, 2.45) is 0 Å². The first kappa shape index (κ1) is 19.9. The molecule has 29 heavy (non-hydrogen) atoms. The number of nitrogens with zero attached hydrogens (tertiary/aromatic N) is 2. The third-order valence-corrected chi connectivity index (χ3v) is 7.65. The summed E-state index contributed by atoms with van der Waals surface area (Å²) in [6.07, 6.45) is 4.27. The van der Waals surface area contributed by atoms with E-state index in [0.29, 0.717) is 31.1 Å². The van der Waals surface area contributed by atoms with Crippen LogP contribution in [0, 0.1) is 6.92 Å². The van der Waals surface area contributed by atoms with Crippen LogP contribution in [0.4, 0.5) is 10.5 Å². The highest BCUT2D eigenvalue weighted by Crippen LogP contribution is 2.26. The van der Waals surface area contributed by atoms with Crippen LogP contribution in [0.2, 0.25) is 0 Å². The second-order valence-electron chi connectivity index (χ2n) is 7.83. The Morgan fingerprint density at radius 3 is 2.38 bits per heavy atom. The Labute approximate surface area is 172 Å². The van der Waals surface area contributed by atoms with Crippen molar-refractivity contribution in [2.45, 2.75) is 37.5 Å². The molecule has 2 aliphatic rings. The molecule has 1 N–H and O–H groups in total. The molecule has 0 atom stereocenters. The Kier molecular flexibility index (Phi) is 5.61. The average Bonchev–Trinajstić information content (AvgIpc) is 2.73. The van der Waals surface area contributed by atoms with Crippen LogP contribution in [0.15, 0.2) is 47.4 Å². The van der Waals surface area contributed by atoms with E-state index in [-0.39, 0.29) is 6.03 Å². The zero-order valence-electron chi connectivity index (χ0n) is 16.7. The minimum absolute atomic E-state index is 0.193. The van der Waals surface area contributed by atoms with E-state index in [1.807, 2.05) is 43.3 Å². The van der Waals surface area contributed by atoms with E-state index in [1.165, 1.54) is 16.3 Å². The number of hydrogen-bond donors (Lipinski definition) is 1. The number of urea groups is 1. The molecule has 0 spiro atoms. The molecule has 4 rings (SSSR count). The van der Waals surface area contributed by atoms with Crippen molar-refractivity contribution in [2.75, 3.05) is 31.5 Å². The number of piperazine rings is 1. The number of amides is 2. The Hall–Kier alpha value is -2.38. The Balaban J connectivity index is 1.40. The third kappa shape index (κ3) is 4.31. The Morgan fingerprint density at radius 1 is 0.931 bits per heavy atom. The normalized spacial score (nSPS) is 17.6. The summed E-state index contributed by atoms with van der Waals surface area (Å²) in [5, 5.41) is 2.89. The molecule has 7 heteroatoms. The lowest BCUT2D eigenvalue weighted by Crippen LogP contribution is -2.51. The van der Waals surface area contributed by atoms with Crippen molar-refractivity contribution in [1.29, 1.82) is 0 Å². The molecule has 0 radical (unpaired) electrons. The van der Waals surface area contributed by atoms with Gasteiger partial charge in [0.05, 0.1) is 4.90 Å². The fourth-order valence-corrected chi connectivity index (χ4v) is 5.55. The molecule has 1 saturated heterocycles. The third-order valence-electron chi connectivity index (χ3n) is 5.75. The number of hydrogen-bond acceptors (Lipinski definition) is 3. The SMILES string of the molecule is Cc1cccc(NC(=O)N2CCN(S(=O)(=O)c3ccc4c(c3)CCCC4)CC2)c1. The van der Waals surface area contributed by atoms with Crippen molar-refractivity contribution in [3.05, 3.63) is 59.2 Å². The standard InChI is InChI=1S/C22H27N3O3S/c1-17-5-4-8-20(15-17)23-22(26)24-11-13-25(14-12-24)29(27,28)21-10-9-18-6-2-3-7-19(18)16-21/h4-5,8-10,15-16H,2-3,6-7,11-14H2,1H3,(H,23,26). The number of benzene rings is 2. The number of carbonyl (C=O) groups excluding carboxylic acids is 1. The van der Waals surface area contributed by atoms with Gasteiger partial charge in [-0.1, -0.05) is 18.2 Å². The van der Waals surface area contributed by atoms with Crippen LogP contribution >= 0.6 is 0 Å². The first-order valence-electron chi connectivity index (χ1n) is 10.2. The van der Waals surface area contributed by atoms with Crippen LogP contribution < -0.4 is 5.32 Å². The summed E-state index contributed by atoms with van der Waals surface area (Å²) in [5.74, 6) is 0. The molecule has 0 unspecified atom stereocenters. The molecule has 154 valence electrons. The molecule has 2 amide bonds. The van der Waals surface area contributed by atoms with Gasteiger partial charge >= 0.3 is 6.03 Å². The topological polar surface area (TPSA) is 69.7 Å². The van der Waals surface area contributed by atoms with Gasteiger partial charge in [0.1, 0.15) is 0 Å². The number of aryl methyl sites for hydroxylation is 3. The van der Waals surface area contributed by atoms with Crippen LogP contribution in [0.5, 0.6) is 0 Å². The van der Waals surface area contributed by atoms with Crippen LogP contribution in [0.1, 0.15) is 29.5 Å². The van der Waals surface area contributed by atoms with Gasteiger partial charge in [-0.2, -0.15) is 4.31 Å². The van der Waals surface area contributed by atoms with E-state index in [2.05, 4.69) is 5.32 Å². The van der Waals surface area contributed by atoms with Gasteiger partial charge in [0.25, 0.3) is 0 Å². The zero-order chi connectivity index (χ0) is 20.4. The monoisotopic (exact) mass is 413 g/mol. The summed E-state index contributed by atoms with van der Waals surface area (Å²) < 4.78 is 27.7. The largest absolute Gasteiger partial charge is 0.322 e. The summed E-state index contributed by atoms with van der Waals surface area (Å²) in [5.41, 5.74) is 4.25. The molecule has 0 saturated carbocycles. The van der Waals surface area contributed by atoms with E-state index in [4.69, 9.17) is 0 Å². The second kappa shape index (κ2) is 8.16. The van der Waals surface area contributed by atoms with Crippen LogP contribution in [0.25, 0.3) is 0 Å². The highest BCUT2D eigenvalue weighted by molar-refractivity contribution is 7.89.